The second-order valence-electron chi connectivity index (χ2n) is 5.00. The third-order valence-corrected chi connectivity index (χ3v) is 3.80. The fraction of sp³-hybridized carbons (Fsp3) is 0. The molecule has 0 aliphatic heterocycles. The lowest BCUT2D eigenvalue weighted by atomic mass is 10.2. The minimum absolute atomic E-state index is 0.824. The number of H-pyrrole nitrogens is 1. The molecule has 5 aromatic rings. The number of rotatable bonds is 0. The van der Waals surface area contributed by atoms with E-state index in [-0.39, 0.29) is 0 Å². The van der Waals surface area contributed by atoms with Crippen LogP contribution in [0.2, 0.25) is 0 Å². The maximum atomic E-state index is 5.87. The Labute approximate surface area is 113 Å². The number of hydrogen-bond acceptors (Lipinski definition) is 2. The summed E-state index contributed by atoms with van der Waals surface area (Å²) in [6.45, 7) is 0. The average Bonchev–Trinajstić information content (AvgIpc) is 3.02. The molecule has 2 aromatic carbocycles. The van der Waals surface area contributed by atoms with Gasteiger partial charge in [-0.05, 0) is 18.2 Å². The van der Waals surface area contributed by atoms with Crippen LogP contribution in [-0.4, -0.2) is 9.97 Å². The highest BCUT2D eigenvalue weighted by Crippen LogP contribution is 2.32. The van der Waals surface area contributed by atoms with Crippen LogP contribution in [0.5, 0.6) is 0 Å². The number of furan rings is 1. The van der Waals surface area contributed by atoms with Crippen LogP contribution in [0.25, 0.3) is 44.0 Å². The van der Waals surface area contributed by atoms with E-state index in [2.05, 4.69) is 23.2 Å². The zero-order chi connectivity index (χ0) is 13.1. The molecule has 20 heavy (non-hydrogen) atoms. The second-order valence-corrected chi connectivity index (χ2v) is 5.00. The first-order valence-corrected chi connectivity index (χ1v) is 6.59. The van der Waals surface area contributed by atoms with Crippen molar-refractivity contribution in [1.82, 2.24) is 9.97 Å². The van der Waals surface area contributed by atoms with Gasteiger partial charge < -0.3 is 9.40 Å². The van der Waals surface area contributed by atoms with Crippen LogP contribution in [-0.2, 0) is 0 Å². The number of nitrogens with zero attached hydrogens (tertiary/aromatic N) is 1. The fourth-order valence-corrected chi connectivity index (χ4v) is 2.88. The minimum Gasteiger partial charge on any atom is -0.454 e. The number of nitrogens with one attached hydrogen (secondary N) is 1. The number of fused-ring (bicyclic) bond motifs is 6. The molecule has 94 valence electrons. The first-order valence-electron chi connectivity index (χ1n) is 6.59. The minimum atomic E-state index is 0.824. The van der Waals surface area contributed by atoms with Gasteiger partial charge in [0.05, 0.1) is 11.0 Å². The molecule has 1 N–H and O–H groups in total. The van der Waals surface area contributed by atoms with Crippen molar-refractivity contribution in [3.63, 3.8) is 0 Å². The van der Waals surface area contributed by atoms with Gasteiger partial charge in [-0.25, -0.2) is 4.98 Å². The van der Waals surface area contributed by atoms with Crippen molar-refractivity contribution in [3.05, 3.63) is 54.6 Å². The molecule has 0 aliphatic rings. The van der Waals surface area contributed by atoms with Gasteiger partial charge >= 0.3 is 0 Å². The highest BCUT2D eigenvalue weighted by molar-refractivity contribution is 6.11. The Bertz CT molecular complexity index is 1020. The van der Waals surface area contributed by atoms with E-state index < -0.39 is 0 Å². The van der Waals surface area contributed by atoms with Gasteiger partial charge in [0.15, 0.2) is 5.58 Å². The normalized spacial score (nSPS) is 12.0. The van der Waals surface area contributed by atoms with Crippen LogP contribution in [0.4, 0.5) is 0 Å². The summed E-state index contributed by atoms with van der Waals surface area (Å²) < 4.78 is 5.87. The summed E-state index contributed by atoms with van der Waals surface area (Å²) in [5.41, 5.74) is 5.75. The van der Waals surface area contributed by atoms with Gasteiger partial charge in [0.2, 0.25) is 0 Å². The lowest BCUT2D eigenvalue weighted by Crippen LogP contribution is -1.76. The molecule has 0 radical (unpaired) electrons. The molecule has 3 heterocycles. The predicted molar refractivity (Wildman–Crippen MR) is 80.9 cm³/mol. The van der Waals surface area contributed by atoms with E-state index in [1.807, 2.05) is 36.4 Å². The van der Waals surface area contributed by atoms with Crippen LogP contribution < -0.4 is 0 Å². The van der Waals surface area contributed by atoms with Gasteiger partial charge in [-0.3, -0.25) is 0 Å². The zero-order valence-corrected chi connectivity index (χ0v) is 10.6. The molecule has 0 spiro atoms. The lowest BCUT2D eigenvalue weighted by molar-refractivity contribution is 0.669. The molecular formula is C17H10N2O. The Balaban J connectivity index is 2.06. The molecule has 3 nitrogen and oxygen atoms in total. The highest BCUT2D eigenvalue weighted by atomic mass is 16.3. The predicted octanol–water partition coefficient (Wildman–Crippen LogP) is 4.62. The monoisotopic (exact) mass is 258 g/mol. The van der Waals surface area contributed by atoms with E-state index in [0.29, 0.717) is 0 Å². The van der Waals surface area contributed by atoms with Crippen LogP contribution in [0.3, 0.4) is 0 Å². The fourth-order valence-electron chi connectivity index (χ4n) is 2.88. The second kappa shape index (κ2) is 3.39. The van der Waals surface area contributed by atoms with Crippen LogP contribution >= 0.6 is 0 Å². The molecule has 3 aromatic heterocycles. The summed E-state index contributed by atoms with van der Waals surface area (Å²) in [5.74, 6) is 0. The Morgan fingerprint density at radius 3 is 2.50 bits per heavy atom. The number of hydrogen-bond donors (Lipinski definition) is 1. The van der Waals surface area contributed by atoms with E-state index in [4.69, 9.17) is 9.40 Å². The SMILES string of the molecule is c1ccc2c(c1)[nH]c1cc3oc4ccccc4c3nc12. The van der Waals surface area contributed by atoms with Crippen molar-refractivity contribution in [3.8, 4) is 0 Å². The highest BCUT2D eigenvalue weighted by Gasteiger charge is 2.12. The van der Waals surface area contributed by atoms with E-state index in [1.165, 1.54) is 0 Å². The number of para-hydroxylation sites is 2. The van der Waals surface area contributed by atoms with E-state index in [0.717, 1.165) is 44.0 Å². The Morgan fingerprint density at radius 2 is 1.55 bits per heavy atom. The molecule has 3 heteroatoms. The molecule has 0 amide bonds. The van der Waals surface area contributed by atoms with Crippen LogP contribution in [0.1, 0.15) is 0 Å². The molecule has 5 rings (SSSR count). The quantitative estimate of drug-likeness (QED) is 0.440. The molecule has 0 saturated carbocycles. The first-order chi connectivity index (χ1) is 9.90. The van der Waals surface area contributed by atoms with Gasteiger partial charge in [-0.2, -0.15) is 0 Å². The Hall–Kier alpha value is -2.81. The first kappa shape index (κ1) is 10.0. The van der Waals surface area contributed by atoms with Crippen LogP contribution in [0, 0.1) is 0 Å². The summed E-state index contributed by atoms with van der Waals surface area (Å²) in [7, 11) is 0. The molecule has 0 fully saturated rings. The van der Waals surface area contributed by atoms with Gasteiger partial charge in [-0.15, -0.1) is 0 Å². The molecule has 0 aliphatic carbocycles. The summed E-state index contributed by atoms with van der Waals surface area (Å²) >= 11 is 0. The number of aromatic nitrogens is 2. The maximum Gasteiger partial charge on any atom is 0.155 e. The third kappa shape index (κ3) is 1.17. The van der Waals surface area contributed by atoms with Crippen LogP contribution in [0.15, 0.2) is 59.0 Å². The Morgan fingerprint density at radius 1 is 0.750 bits per heavy atom. The molecule has 0 unspecified atom stereocenters. The van der Waals surface area contributed by atoms with Crippen molar-refractivity contribution in [2.24, 2.45) is 0 Å². The molecular weight excluding hydrogens is 248 g/mol. The standard InChI is InChI=1S/C17H10N2O/c1-3-7-12-10(5-1)16-13(18-12)9-15-17(19-16)11-6-2-4-8-14(11)20-15/h1-9,18H. The number of aromatic amines is 1. The van der Waals surface area contributed by atoms with Crippen molar-refractivity contribution in [1.29, 1.82) is 0 Å². The molecule has 0 atom stereocenters. The molecule has 0 saturated heterocycles. The number of pyridine rings is 1. The zero-order valence-electron chi connectivity index (χ0n) is 10.6. The van der Waals surface area contributed by atoms with Crippen molar-refractivity contribution in [2.75, 3.05) is 0 Å². The van der Waals surface area contributed by atoms with Gasteiger partial charge in [0, 0.05) is 22.4 Å². The van der Waals surface area contributed by atoms with E-state index in [9.17, 15) is 0 Å². The topological polar surface area (TPSA) is 41.8 Å². The van der Waals surface area contributed by atoms with Gasteiger partial charge in [-0.1, -0.05) is 30.3 Å². The van der Waals surface area contributed by atoms with Gasteiger partial charge in [0.25, 0.3) is 0 Å². The van der Waals surface area contributed by atoms with E-state index >= 15 is 0 Å². The largest absolute Gasteiger partial charge is 0.454 e. The van der Waals surface area contributed by atoms with Crippen molar-refractivity contribution >= 4 is 44.0 Å². The lowest BCUT2D eigenvalue weighted by Gasteiger charge is -1.91. The summed E-state index contributed by atoms with van der Waals surface area (Å²) in [6, 6.07) is 18.3. The summed E-state index contributed by atoms with van der Waals surface area (Å²) in [5, 5.41) is 2.21. The van der Waals surface area contributed by atoms with Crippen molar-refractivity contribution < 1.29 is 4.42 Å². The maximum absolute atomic E-state index is 5.87. The smallest absolute Gasteiger partial charge is 0.155 e. The number of benzene rings is 2. The Kier molecular flexibility index (Phi) is 1.70. The summed E-state index contributed by atoms with van der Waals surface area (Å²) in [6.07, 6.45) is 0. The average molecular weight is 258 g/mol. The molecule has 0 bridgehead atoms. The summed E-state index contributed by atoms with van der Waals surface area (Å²) in [4.78, 5) is 8.22. The van der Waals surface area contributed by atoms with Crippen molar-refractivity contribution in [2.45, 2.75) is 0 Å². The third-order valence-electron chi connectivity index (χ3n) is 3.80. The van der Waals surface area contributed by atoms with E-state index in [1.54, 1.807) is 0 Å². The van der Waals surface area contributed by atoms with Gasteiger partial charge in [0.1, 0.15) is 11.1 Å².